The lowest BCUT2D eigenvalue weighted by atomic mass is 10.2. The summed E-state index contributed by atoms with van der Waals surface area (Å²) in [7, 11) is 1.53. The molecule has 2 aromatic rings. The first kappa shape index (κ1) is 21.9. The molecule has 2 N–H and O–H groups in total. The fraction of sp³-hybridized carbons (Fsp3) is 0.300. The molecule has 2 aromatic carbocycles. The number of aryl methyl sites for hydroxylation is 1. The number of methoxy groups -OCH3 is 1. The van der Waals surface area contributed by atoms with Crippen molar-refractivity contribution >= 4 is 40.9 Å². The van der Waals surface area contributed by atoms with Crippen LogP contribution in [0, 0.1) is 6.92 Å². The number of hydrogen-bond donors (Lipinski definition) is 2. The molecule has 0 unspecified atom stereocenters. The second-order valence-corrected chi connectivity index (χ2v) is 7.45. The summed E-state index contributed by atoms with van der Waals surface area (Å²) in [5.74, 6) is 1.15. The second-order valence-electron chi connectivity index (χ2n) is 5.93. The van der Waals surface area contributed by atoms with E-state index >= 15 is 0 Å². The molecule has 0 bridgehead atoms. The molecule has 0 aliphatic rings. The highest BCUT2D eigenvalue weighted by atomic mass is 35.5. The number of carboxylic acids is 1. The third kappa shape index (κ3) is 6.65. The van der Waals surface area contributed by atoms with Crippen LogP contribution in [0.5, 0.6) is 11.5 Å². The number of rotatable bonds is 10. The van der Waals surface area contributed by atoms with Crippen molar-refractivity contribution in [1.29, 1.82) is 0 Å². The average molecular weight is 424 g/mol. The van der Waals surface area contributed by atoms with Gasteiger partial charge in [-0.15, -0.1) is 0 Å². The number of amides is 1. The van der Waals surface area contributed by atoms with Gasteiger partial charge in [0.05, 0.1) is 30.7 Å². The molecule has 0 saturated carbocycles. The minimum Gasteiger partial charge on any atom is -0.495 e. The predicted molar refractivity (Wildman–Crippen MR) is 112 cm³/mol. The number of carbonyl (C=O) groups is 2. The fourth-order valence-corrected chi connectivity index (χ4v) is 3.20. The number of benzene rings is 2. The Hall–Kier alpha value is -2.38. The Labute approximate surface area is 173 Å². The van der Waals surface area contributed by atoms with Crippen LogP contribution >= 0.6 is 23.4 Å². The van der Waals surface area contributed by atoms with E-state index in [1.165, 1.54) is 31.0 Å². The lowest BCUT2D eigenvalue weighted by Gasteiger charge is -2.12. The largest absolute Gasteiger partial charge is 0.495 e. The van der Waals surface area contributed by atoms with E-state index in [1.807, 2.05) is 6.92 Å². The van der Waals surface area contributed by atoms with Crippen LogP contribution in [0.2, 0.25) is 5.02 Å². The van der Waals surface area contributed by atoms with Gasteiger partial charge in [0, 0.05) is 11.1 Å². The van der Waals surface area contributed by atoms with Gasteiger partial charge in [-0.1, -0.05) is 11.6 Å². The molecule has 0 saturated heterocycles. The van der Waals surface area contributed by atoms with Gasteiger partial charge in [0.15, 0.2) is 0 Å². The maximum absolute atomic E-state index is 12.1. The number of aromatic carboxylic acids is 1. The Bertz CT molecular complexity index is 826. The van der Waals surface area contributed by atoms with Gasteiger partial charge >= 0.3 is 5.97 Å². The smallest absolute Gasteiger partial charge is 0.335 e. The standard InChI is InChI=1S/C20H22ClNO5S/c1-13-10-17(18(26-2)11-16(13)21)22-19(23)12-28-9-3-8-27-15-6-4-14(5-7-15)20(24)25/h4-7,10-11H,3,8-9,12H2,1-2H3,(H,22,23)(H,24,25). The Morgan fingerprint density at radius 2 is 1.93 bits per heavy atom. The monoisotopic (exact) mass is 423 g/mol. The molecule has 1 amide bonds. The Kier molecular flexibility index (Phi) is 8.47. The zero-order valence-electron chi connectivity index (χ0n) is 15.7. The van der Waals surface area contributed by atoms with Crippen molar-refractivity contribution in [2.45, 2.75) is 13.3 Å². The van der Waals surface area contributed by atoms with Crippen molar-refractivity contribution in [2.75, 3.05) is 30.5 Å². The number of carboxylic acid groups (broad SMARTS) is 1. The maximum Gasteiger partial charge on any atom is 0.335 e. The molecule has 8 heteroatoms. The topological polar surface area (TPSA) is 84.9 Å². The van der Waals surface area contributed by atoms with E-state index in [0.29, 0.717) is 34.6 Å². The number of halogens is 1. The summed E-state index contributed by atoms with van der Waals surface area (Å²) in [4.78, 5) is 22.9. The van der Waals surface area contributed by atoms with Gasteiger partial charge in [0.1, 0.15) is 11.5 Å². The highest BCUT2D eigenvalue weighted by molar-refractivity contribution is 7.99. The Morgan fingerprint density at radius 1 is 1.21 bits per heavy atom. The number of ether oxygens (including phenoxy) is 2. The zero-order chi connectivity index (χ0) is 20.5. The SMILES string of the molecule is COc1cc(Cl)c(C)cc1NC(=O)CSCCCOc1ccc(C(=O)O)cc1. The van der Waals surface area contributed by atoms with Gasteiger partial charge in [0.2, 0.25) is 5.91 Å². The summed E-state index contributed by atoms with van der Waals surface area (Å²) in [6.45, 7) is 2.35. The van der Waals surface area contributed by atoms with Crippen molar-refractivity contribution in [1.82, 2.24) is 0 Å². The average Bonchev–Trinajstić information content (AvgIpc) is 2.67. The van der Waals surface area contributed by atoms with Gasteiger partial charge in [-0.05, 0) is 55.0 Å². The molecule has 0 aliphatic heterocycles. The van der Waals surface area contributed by atoms with Crippen LogP contribution in [0.1, 0.15) is 22.3 Å². The highest BCUT2D eigenvalue weighted by Gasteiger charge is 2.10. The molecule has 0 fully saturated rings. The lowest BCUT2D eigenvalue weighted by Crippen LogP contribution is -2.15. The minimum absolute atomic E-state index is 0.116. The van der Waals surface area contributed by atoms with Crippen LogP contribution in [0.15, 0.2) is 36.4 Å². The van der Waals surface area contributed by atoms with Crippen molar-refractivity contribution in [2.24, 2.45) is 0 Å². The van der Waals surface area contributed by atoms with Gasteiger partial charge < -0.3 is 19.9 Å². The summed E-state index contributed by atoms with van der Waals surface area (Å²) < 4.78 is 10.8. The minimum atomic E-state index is -0.965. The van der Waals surface area contributed by atoms with E-state index in [-0.39, 0.29) is 11.5 Å². The van der Waals surface area contributed by atoms with Crippen LogP contribution in [0.3, 0.4) is 0 Å². The molecule has 2 rings (SSSR count). The summed E-state index contributed by atoms with van der Waals surface area (Å²) in [6, 6.07) is 9.73. The number of hydrogen-bond acceptors (Lipinski definition) is 5. The van der Waals surface area contributed by atoms with Crippen LogP contribution < -0.4 is 14.8 Å². The first-order valence-electron chi connectivity index (χ1n) is 8.58. The van der Waals surface area contributed by atoms with Gasteiger partial charge in [-0.25, -0.2) is 4.79 Å². The summed E-state index contributed by atoms with van der Waals surface area (Å²) in [5.41, 5.74) is 1.68. The van der Waals surface area contributed by atoms with Crippen molar-refractivity contribution in [3.63, 3.8) is 0 Å². The molecule has 0 heterocycles. The molecule has 6 nitrogen and oxygen atoms in total. The van der Waals surface area contributed by atoms with E-state index in [2.05, 4.69) is 5.32 Å². The molecule has 0 spiro atoms. The molecule has 28 heavy (non-hydrogen) atoms. The van der Waals surface area contributed by atoms with Crippen molar-refractivity contribution in [3.05, 3.63) is 52.5 Å². The lowest BCUT2D eigenvalue weighted by molar-refractivity contribution is -0.113. The van der Waals surface area contributed by atoms with Crippen LogP contribution in [-0.4, -0.2) is 42.2 Å². The first-order chi connectivity index (χ1) is 13.4. The summed E-state index contributed by atoms with van der Waals surface area (Å²) >= 11 is 7.57. The molecule has 0 aromatic heterocycles. The van der Waals surface area contributed by atoms with Crippen molar-refractivity contribution < 1.29 is 24.2 Å². The first-order valence-corrected chi connectivity index (χ1v) is 10.1. The third-order valence-electron chi connectivity index (χ3n) is 3.79. The van der Waals surface area contributed by atoms with Gasteiger partial charge in [-0.3, -0.25) is 4.79 Å². The zero-order valence-corrected chi connectivity index (χ0v) is 17.2. The van der Waals surface area contributed by atoms with E-state index < -0.39 is 5.97 Å². The van der Waals surface area contributed by atoms with Crippen molar-refractivity contribution in [3.8, 4) is 11.5 Å². The number of nitrogens with one attached hydrogen (secondary N) is 1. The molecular formula is C20H22ClNO5S. The number of thioether (sulfide) groups is 1. The quantitative estimate of drug-likeness (QED) is 0.547. The second kappa shape index (κ2) is 10.8. The summed E-state index contributed by atoms with van der Waals surface area (Å²) in [6.07, 6.45) is 0.766. The van der Waals surface area contributed by atoms with E-state index in [1.54, 1.807) is 24.3 Å². The molecule has 0 radical (unpaired) electrons. The summed E-state index contributed by atoms with van der Waals surface area (Å²) in [5, 5.41) is 12.3. The van der Waals surface area contributed by atoms with Crippen LogP contribution in [0.25, 0.3) is 0 Å². The van der Waals surface area contributed by atoms with Gasteiger partial charge in [0.25, 0.3) is 0 Å². The third-order valence-corrected chi connectivity index (χ3v) is 5.24. The molecule has 0 atom stereocenters. The molecular weight excluding hydrogens is 402 g/mol. The normalized spacial score (nSPS) is 10.4. The molecule has 150 valence electrons. The van der Waals surface area contributed by atoms with E-state index in [0.717, 1.165) is 17.7 Å². The van der Waals surface area contributed by atoms with Crippen LogP contribution in [0.4, 0.5) is 5.69 Å². The number of anilines is 1. The maximum atomic E-state index is 12.1. The Balaban J connectivity index is 1.67. The number of carbonyl (C=O) groups excluding carboxylic acids is 1. The van der Waals surface area contributed by atoms with Gasteiger partial charge in [-0.2, -0.15) is 11.8 Å². The van der Waals surface area contributed by atoms with Crippen LogP contribution in [-0.2, 0) is 4.79 Å². The fourth-order valence-electron chi connectivity index (χ4n) is 2.33. The Morgan fingerprint density at radius 3 is 2.57 bits per heavy atom. The predicted octanol–water partition coefficient (Wildman–Crippen LogP) is 4.50. The van der Waals surface area contributed by atoms with E-state index in [9.17, 15) is 9.59 Å². The highest BCUT2D eigenvalue weighted by Crippen LogP contribution is 2.31. The van der Waals surface area contributed by atoms with E-state index in [4.69, 9.17) is 26.2 Å². The molecule has 0 aliphatic carbocycles.